The highest BCUT2D eigenvalue weighted by Crippen LogP contribution is 2.23. The fourth-order valence-electron chi connectivity index (χ4n) is 2.08. The molecule has 0 aliphatic rings. The van der Waals surface area contributed by atoms with Crippen molar-refractivity contribution in [2.24, 2.45) is 5.92 Å². The molecular formula is C15H18ClN3O4S. The molecule has 1 aromatic carbocycles. The zero-order valence-corrected chi connectivity index (χ0v) is 14.8. The van der Waals surface area contributed by atoms with Gasteiger partial charge in [0.2, 0.25) is 10.0 Å². The molecule has 2 aromatic rings. The third-order valence-corrected chi connectivity index (χ3v) is 5.23. The molecule has 9 heteroatoms. The number of benzene rings is 1. The molecule has 2 rings (SSSR count). The van der Waals surface area contributed by atoms with Crippen LogP contribution in [0, 0.1) is 5.92 Å². The highest BCUT2D eigenvalue weighted by Gasteiger charge is 2.21. The second-order valence-corrected chi connectivity index (χ2v) is 7.46. The van der Waals surface area contributed by atoms with Gasteiger partial charge in [0.15, 0.2) is 0 Å². The number of hydrogen-bond acceptors (Lipinski definition) is 5. The van der Waals surface area contributed by atoms with Gasteiger partial charge in [0.05, 0.1) is 17.7 Å². The number of sulfonamides is 1. The van der Waals surface area contributed by atoms with Gasteiger partial charge in [-0.25, -0.2) is 17.9 Å². The van der Waals surface area contributed by atoms with Crippen LogP contribution in [0.1, 0.15) is 17.3 Å². The lowest BCUT2D eigenvalue weighted by atomic mass is 10.2. The maximum atomic E-state index is 12.5. The van der Waals surface area contributed by atoms with E-state index < -0.39 is 16.0 Å². The van der Waals surface area contributed by atoms with E-state index in [0.717, 1.165) is 0 Å². The van der Waals surface area contributed by atoms with Crippen molar-refractivity contribution in [3.8, 4) is 0 Å². The Labute approximate surface area is 145 Å². The van der Waals surface area contributed by atoms with Gasteiger partial charge >= 0.3 is 5.97 Å². The molecule has 0 saturated carbocycles. The van der Waals surface area contributed by atoms with E-state index in [4.69, 9.17) is 11.6 Å². The van der Waals surface area contributed by atoms with Crippen LogP contribution in [-0.4, -0.2) is 37.8 Å². The molecule has 1 heterocycles. The van der Waals surface area contributed by atoms with Gasteiger partial charge < -0.3 is 4.74 Å². The minimum atomic E-state index is -3.85. The van der Waals surface area contributed by atoms with Crippen molar-refractivity contribution < 1.29 is 17.9 Å². The smallest absolute Gasteiger partial charge is 0.337 e. The molecule has 0 aliphatic heterocycles. The Morgan fingerprint density at radius 3 is 2.83 bits per heavy atom. The number of carbonyl (C=O) groups excluding carboxylic acids is 1. The molecule has 0 radical (unpaired) electrons. The molecule has 1 unspecified atom stereocenters. The quantitative estimate of drug-likeness (QED) is 0.751. The second kappa shape index (κ2) is 7.78. The van der Waals surface area contributed by atoms with Crippen LogP contribution >= 0.6 is 11.6 Å². The first kappa shape index (κ1) is 18.4. The summed E-state index contributed by atoms with van der Waals surface area (Å²) in [5.41, 5.74) is 0.117. The Bertz CT molecular complexity index is 806. The predicted molar refractivity (Wildman–Crippen MR) is 89.4 cm³/mol. The average molecular weight is 372 g/mol. The summed E-state index contributed by atoms with van der Waals surface area (Å²) in [7, 11) is -2.63. The van der Waals surface area contributed by atoms with Crippen molar-refractivity contribution >= 4 is 27.6 Å². The summed E-state index contributed by atoms with van der Waals surface area (Å²) in [6.45, 7) is 2.68. The molecule has 0 aliphatic carbocycles. The molecule has 0 bridgehead atoms. The van der Waals surface area contributed by atoms with Crippen LogP contribution in [0.25, 0.3) is 0 Å². The fraction of sp³-hybridized carbons (Fsp3) is 0.333. The van der Waals surface area contributed by atoms with Crippen LogP contribution in [0.3, 0.4) is 0 Å². The predicted octanol–water partition coefficient (Wildman–Crippen LogP) is 1.94. The number of carbonyl (C=O) groups is 1. The molecular weight excluding hydrogens is 354 g/mol. The van der Waals surface area contributed by atoms with E-state index in [2.05, 4.69) is 14.6 Å². The minimum absolute atomic E-state index is 0.0160. The van der Waals surface area contributed by atoms with Crippen LogP contribution in [0.15, 0.2) is 41.6 Å². The number of aromatic nitrogens is 2. The number of hydrogen-bond donors (Lipinski definition) is 1. The Balaban J connectivity index is 2.10. The number of ether oxygens (including phenoxy) is 1. The summed E-state index contributed by atoms with van der Waals surface area (Å²) < 4.78 is 33.7. The summed E-state index contributed by atoms with van der Waals surface area (Å²) in [6.07, 6.45) is 3.47. The number of rotatable bonds is 7. The van der Waals surface area contributed by atoms with E-state index in [9.17, 15) is 13.2 Å². The number of methoxy groups -OCH3 is 1. The Hall–Kier alpha value is -1.90. The molecule has 1 aromatic heterocycles. The fourth-order valence-corrected chi connectivity index (χ4v) is 3.76. The molecule has 0 spiro atoms. The van der Waals surface area contributed by atoms with Crippen molar-refractivity contribution in [1.82, 2.24) is 14.5 Å². The Morgan fingerprint density at radius 1 is 1.46 bits per heavy atom. The van der Waals surface area contributed by atoms with Gasteiger partial charge in [-0.3, -0.25) is 4.68 Å². The Morgan fingerprint density at radius 2 is 2.21 bits per heavy atom. The highest BCUT2D eigenvalue weighted by atomic mass is 35.5. The highest BCUT2D eigenvalue weighted by molar-refractivity contribution is 7.89. The first-order valence-electron chi connectivity index (χ1n) is 7.18. The van der Waals surface area contributed by atoms with Crippen molar-refractivity contribution in [3.05, 3.63) is 47.2 Å². The summed E-state index contributed by atoms with van der Waals surface area (Å²) in [5, 5.41) is 4.12. The summed E-state index contributed by atoms with van der Waals surface area (Å²) >= 11 is 5.97. The molecule has 0 saturated heterocycles. The molecule has 24 heavy (non-hydrogen) atoms. The lowest BCUT2D eigenvalue weighted by molar-refractivity contribution is 0.0600. The van der Waals surface area contributed by atoms with Crippen LogP contribution in [0.2, 0.25) is 5.02 Å². The van der Waals surface area contributed by atoms with E-state index in [1.807, 2.05) is 13.1 Å². The Kier molecular flexibility index (Phi) is 5.98. The molecule has 1 atom stereocenters. The van der Waals surface area contributed by atoms with Crippen LogP contribution in [0.5, 0.6) is 0 Å². The summed E-state index contributed by atoms with van der Waals surface area (Å²) in [4.78, 5) is 11.4. The first-order valence-corrected chi connectivity index (χ1v) is 9.04. The SMILES string of the molecule is COC(=O)c1ccc(Cl)c(S(=O)(=O)NCC(C)Cn2cccn2)c1. The third kappa shape index (κ3) is 4.56. The largest absolute Gasteiger partial charge is 0.465 e. The summed E-state index contributed by atoms with van der Waals surface area (Å²) in [5.74, 6) is -0.614. The topological polar surface area (TPSA) is 90.3 Å². The van der Waals surface area contributed by atoms with E-state index >= 15 is 0 Å². The summed E-state index contributed by atoms with van der Waals surface area (Å²) in [6, 6.07) is 5.77. The average Bonchev–Trinajstić information content (AvgIpc) is 3.05. The number of nitrogens with one attached hydrogen (secondary N) is 1. The molecule has 0 amide bonds. The zero-order valence-electron chi connectivity index (χ0n) is 13.3. The van der Waals surface area contributed by atoms with E-state index in [-0.39, 0.29) is 27.9 Å². The minimum Gasteiger partial charge on any atom is -0.465 e. The maximum Gasteiger partial charge on any atom is 0.337 e. The standard InChI is InChI=1S/C15H18ClN3O4S/c1-11(10-19-7-3-6-17-19)9-18-24(21,22)14-8-12(15(20)23-2)4-5-13(14)16/h3-8,11,18H,9-10H2,1-2H3. The van der Waals surface area contributed by atoms with Crippen molar-refractivity contribution in [1.29, 1.82) is 0 Å². The van der Waals surface area contributed by atoms with Crippen molar-refractivity contribution in [2.75, 3.05) is 13.7 Å². The van der Waals surface area contributed by atoms with Gasteiger partial charge in [-0.1, -0.05) is 18.5 Å². The van der Waals surface area contributed by atoms with Gasteiger partial charge in [-0.15, -0.1) is 0 Å². The normalized spacial score (nSPS) is 12.8. The molecule has 7 nitrogen and oxygen atoms in total. The van der Waals surface area contributed by atoms with Gasteiger partial charge in [0, 0.05) is 25.5 Å². The number of halogens is 1. The zero-order chi connectivity index (χ0) is 17.7. The lowest BCUT2D eigenvalue weighted by Gasteiger charge is -2.14. The van der Waals surface area contributed by atoms with Crippen molar-refractivity contribution in [2.45, 2.75) is 18.4 Å². The second-order valence-electron chi connectivity index (χ2n) is 5.32. The van der Waals surface area contributed by atoms with Crippen LogP contribution in [-0.2, 0) is 21.3 Å². The molecule has 1 N–H and O–H groups in total. The van der Waals surface area contributed by atoms with E-state index in [1.165, 1.54) is 25.3 Å². The van der Waals surface area contributed by atoms with Gasteiger partial charge in [0.25, 0.3) is 0 Å². The first-order chi connectivity index (χ1) is 11.3. The molecule has 130 valence electrons. The monoisotopic (exact) mass is 371 g/mol. The van der Waals surface area contributed by atoms with Gasteiger partial charge in [-0.2, -0.15) is 5.10 Å². The molecule has 0 fully saturated rings. The third-order valence-electron chi connectivity index (χ3n) is 3.32. The van der Waals surface area contributed by atoms with E-state index in [0.29, 0.717) is 6.54 Å². The lowest BCUT2D eigenvalue weighted by Crippen LogP contribution is -2.30. The number of nitrogens with zero attached hydrogens (tertiary/aromatic N) is 2. The maximum absolute atomic E-state index is 12.5. The van der Waals surface area contributed by atoms with Crippen LogP contribution in [0.4, 0.5) is 0 Å². The number of esters is 1. The van der Waals surface area contributed by atoms with Gasteiger partial charge in [0.1, 0.15) is 4.90 Å². The van der Waals surface area contributed by atoms with Crippen LogP contribution < -0.4 is 4.72 Å². The van der Waals surface area contributed by atoms with Crippen molar-refractivity contribution in [3.63, 3.8) is 0 Å². The van der Waals surface area contributed by atoms with E-state index in [1.54, 1.807) is 16.9 Å². The van der Waals surface area contributed by atoms with Gasteiger partial charge in [-0.05, 0) is 30.2 Å².